The topological polar surface area (TPSA) is 75.3 Å². The lowest BCUT2D eigenvalue weighted by Gasteiger charge is -2.59. The van der Waals surface area contributed by atoms with Crippen molar-refractivity contribution in [2.45, 2.75) is 56.4 Å². The third kappa shape index (κ3) is 3.64. The zero-order valence-corrected chi connectivity index (χ0v) is 17.3. The first-order chi connectivity index (χ1) is 13.3. The standard InChI is InChI=1S/C22H30N2O3S/c1-3-8-23-28(26,27)20-6-4-19(5-7-20)21(25)24-15(2)22-12-16-9-17(13-22)11-18(10-16)14-22/h3-7,15-18,23H,1,8-14H2,2H3,(H,24,25)/t15-,16?,17?,18?,22?/m1/s1. The summed E-state index contributed by atoms with van der Waals surface area (Å²) in [6, 6.07) is 6.28. The van der Waals surface area contributed by atoms with E-state index in [2.05, 4.69) is 23.5 Å². The van der Waals surface area contributed by atoms with Gasteiger partial charge in [-0.3, -0.25) is 4.79 Å². The number of hydrogen-bond acceptors (Lipinski definition) is 3. The molecule has 152 valence electrons. The predicted octanol–water partition coefficient (Wildman–Crippen LogP) is 3.49. The molecule has 1 amide bonds. The highest BCUT2D eigenvalue weighted by Crippen LogP contribution is 2.61. The van der Waals surface area contributed by atoms with Gasteiger partial charge in [-0.05, 0) is 92.9 Å². The van der Waals surface area contributed by atoms with E-state index in [1.165, 1.54) is 56.7 Å². The number of benzene rings is 1. The van der Waals surface area contributed by atoms with Gasteiger partial charge in [-0.1, -0.05) is 6.08 Å². The molecule has 1 aromatic carbocycles. The molecule has 0 spiro atoms. The van der Waals surface area contributed by atoms with Crippen molar-refractivity contribution in [3.05, 3.63) is 42.5 Å². The number of amides is 1. The fourth-order valence-electron chi connectivity index (χ4n) is 6.18. The fraction of sp³-hybridized carbons (Fsp3) is 0.591. The normalized spacial score (nSPS) is 32.1. The highest BCUT2D eigenvalue weighted by atomic mass is 32.2. The monoisotopic (exact) mass is 402 g/mol. The molecule has 0 radical (unpaired) electrons. The number of nitrogens with one attached hydrogen (secondary N) is 2. The molecule has 0 unspecified atom stereocenters. The van der Waals surface area contributed by atoms with Crippen molar-refractivity contribution in [2.24, 2.45) is 23.2 Å². The third-order valence-corrected chi connectivity index (χ3v) is 8.64. The number of carbonyl (C=O) groups is 1. The Morgan fingerprint density at radius 1 is 1.14 bits per heavy atom. The van der Waals surface area contributed by atoms with Crippen LogP contribution in [0.1, 0.15) is 55.8 Å². The molecular weight excluding hydrogens is 372 g/mol. The van der Waals surface area contributed by atoms with Crippen LogP contribution >= 0.6 is 0 Å². The van der Waals surface area contributed by atoms with Crippen LogP contribution in [-0.4, -0.2) is 26.9 Å². The second-order valence-electron chi connectivity index (χ2n) is 9.14. The van der Waals surface area contributed by atoms with Gasteiger partial charge in [0, 0.05) is 18.2 Å². The zero-order chi connectivity index (χ0) is 19.9. The second-order valence-corrected chi connectivity index (χ2v) is 10.9. The van der Waals surface area contributed by atoms with Crippen LogP contribution < -0.4 is 10.0 Å². The van der Waals surface area contributed by atoms with Crippen molar-refractivity contribution < 1.29 is 13.2 Å². The third-order valence-electron chi connectivity index (χ3n) is 7.20. The van der Waals surface area contributed by atoms with E-state index in [1.54, 1.807) is 12.1 Å². The smallest absolute Gasteiger partial charge is 0.251 e. The van der Waals surface area contributed by atoms with Crippen LogP contribution in [0.3, 0.4) is 0 Å². The van der Waals surface area contributed by atoms with Crippen LogP contribution in [0.15, 0.2) is 41.8 Å². The molecule has 4 fully saturated rings. The SMILES string of the molecule is C=CCNS(=O)(=O)c1ccc(C(=O)N[C@H](C)C23CC4CC(CC(C4)C2)C3)cc1. The van der Waals surface area contributed by atoms with Crippen LogP contribution in [0.2, 0.25) is 0 Å². The summed E-state index contributed by atoms with van der Waals surface area (Å²) in [5, 5.41) is 3.23. The molecular formula is C22H30N2O3S. The fourth-order valence-corrected chi connectivity index (χ4v) is 7.18. The number of sulfonamides is 1. The van der Waals surface area contributed by atoms with Crippen molar-refractivity contribution >= 4 is 15.9 Å². The minimum absolute atomic E-state index is 0.119. The molecule has 4 bridgehead atoms. The van der Waals surface area contributed by atoms with Gasteiger partial charge in [-0.15, -0.1) is 6.58 Å². The summed E-state index contributed by atoms with van der Waals surface area (Å²) in [5.74, 6) is 2.42. The summed E-state index contributed by atoms with van der Waals surface area (Å²) in [5.41, 5.74) is 0.752. The Morgan fingerprint density at radius 2 is 1.68 bits per heavy atom. The first-order valence-corrected chi connectivity index (χ1v) is 11.8. The number of carbonyl (C=O) groups excluding carboxylic acids is 1. The molecule has 4 aliphatic carbocycles. The van der Waals surface area contributed by atoms with Gasteiger partial charge < -0.3 is 5.32 Å². The van der Waals surface area contributed by atoms with Gasteiger partial charge in [0.25, 0.3) is 5.91 Å². The molecule has 0 saturated heterocycles. The minimum Gasteiger partial charge on any atom is -0.349 e. The average Bonchev–Trinajstić information content (AvgIpc) is 2.65. The van der Waals surface area contributed by atoms with Crippen molar-refractivity contribution in [2.75, 3.05) is 6.54 Å². The molecule has 1 aromatic rings. The van der Waals surface area contributed by atoms with E-state index < -0.39 is 10.0 Å². The first-order valence-electron chi connectivity index (χ1n) is 10.3. The van der Waals surface area contributed by atoms with Crippen LogP contribution in [0.25, 0.3) is 0 Å². The quantitative estimate of drug-likeness (QED) is 0.686. The van der Waals surface area contributed by atoms with Gasteiger partial charge in [0.05, 0.1) is 4.90 Å². The Kier molecular flexibility index (Phi) is 5.12. The van der Waals surface area contributed by atoms with Crippen molar-refractivity contribution in [1.29, 1.82) is 0 Å². The summed E-state index contributed by atoms with van der Waals surface area (Å²) in [7, 11) is -3.57. The van der Waals surface area contributed by atoms with E-state index in [-0.39, 0.29) is 28.8 Å². The molecule has 6 heteroatoms. The molecule has 0 heterocycles. The molecule has 4 saturated carbocycles. The predicted molar refractivity (Wildman–Crippen MR) is 109 cm³/mol. The van der Waals surface area contributed by atoms with E-state index in [1.807, 2.05) is 0 Å². The summed E-state index contributed by atoms with van der Waals surface area (Å²) >= 11 is 0. The van der Waals surface area contributed by atoms with Gasteiger partial charge in [0.15, 0.2) is 0 Å². The summed E-state index contributed by atoms with van der Waals surface area (Å²) < 4.78 is 26.7. The Labute approximate surface area is 168 Å². The minimum atomic E-state index is -3.57. The maximum atomic E-state index is 12.8. The summed E-state index contributed by atoms with van der Waals surface area (Å²) in [4.78, 5) is 12.9. The van der Waals surface area contributed by atoms with Crippen LogP contribution in [0.4, 0.5) is 0 Å². The lowest BCUT2D eigenvalue weighted by Crippen LogP contribution is -2.55. The largest absolute Gasteiger partial charge is 0.349 e. The highest BCUT2D eigenvalue weighted by molar-refractivity contribution is 7.89. The molecule has 4 aliphatic rings. The lowest BCUT2D eigenvalue weighted by atomic mass is 9.48. The van der Waals surface area contributed by atoms with Crippen LogP contribution in [0.5, 0.6) is 0 Å². The molecule has 5 rings (SSSR count). The zero-order valence-electron chi connectivity index (χ0n) is 16.5. The van der Waals surface area contributed by atoms with Crippen molar-refractivity contribution in [1.82, 2.24) is 10.0 Å². The van der Waals surface area contributed by atoms with E-state index in [0.717, 1.165) is 17.8 Å². The number of hydrogen-bond donors (Lipinski definition) is 2. The summed E-state index contributed by atoms with van der Waals surface area (Å²) in [6.45, 7) is 5.84. The molecule has 0 aromatic heterocycles. The summed E-state index contributed by atoms with van der Waals surface area (Å²) in [6.07, 6.45) is 9.37. The van der Waals surface area contributed by atoms with E-state index in [0.29, 0.717) is 5.56 Å². The molecule has 1 atom stereocenters. The van der Waals surface area contributed by atoms with Gasteiger partial charge in [0.2, 0.25) is 10.0 Å². The van der Waals surface area contributed by atoms with E-state index >= 15 is 0 Å². The van der Waals surface area contributed by atoms with Crippen molar-refractivity contribution in [3.63, 3.8) is 0 Å². The Hall–Kier alpha value is -1.66. The lowest BCUT2D eigenvalue weighted by molar-refractivity contribution is -0.0688. The van der Waals surface area contributed by atoms with E-state index in [9.17, 15) is 13.2 Å². The van der Waals surface area contributed by atoms with Gasteiger partial charge in [-0.2, -0.15) is 0 Å². The molecule has 28 heavy (non-hydrogen) atoms. The Balaban J connectivity index is 1.43. The van der Waals surface area contributed by atoms with Crippen molar-refractivity contribution in [3.8, 4) is 0 Å². The number of rotatable bonds is 7. The molecule has 0 aliphatic heterocycles. The Bertz CT molecular complexity index is 825. The van der Waals surface area contributed by atoms with E-state index in [4.69, 9.17) is 0 Å². The molecule has 5 nitrogen and oxygen atoms in total. The Morgan fingerprint density at radius 3 is 2.18 bits per heavy atom. The van der Waals surface area contributed by atoms with Gasteiger partial charge >= 0.3 is 0 Å². The maximum Gasteiger partial charge on any atom is 0.251 e. The molecule has 2 N–H and O–H groups in total. The maximum absolute atomic E-state index is 12.8. The highest BCUT2D eigenvalue weighted by Gasteiger charge is 2.53. The average molecular weight is 403 g/mol. The van der Waals surface area contributed by atoms with Crippen LogP contribution in [0, 0.1) is 23.2 Å². The van der Waals surface area contributed by atoms with Crippen LogP contribution in [-0.2, 0) is 10.0 Å². The van der Waals surface area contributed by atoms with Gasteiger partial charge in [0.1, 0.15) is 0 Å². The van der Waals surface area contributed by atoms with Gasteiger partial charge in [-0.25, -0.2) is 13.1 Å². The first kappa shape index (κ1) is 19.6. The second kappa shape index (κ2) is 7.30.